The molecule has 0 bridgehead atoms. The molecule has 1 aliphatic rings. The lowest BCUT2D eigenvalue weighted by atomic mass is 9.99. The molecule has 1 aliphatic heterocycles. The standard InChI is InChI=1S/C24H26O13/c1-32-11-5-4-9(6-10(11)26)21-23(34-3)18(29)15-12(35-21)7-13(22(33-2)17(15)28)36-24-20(31)19(30)16(27)14(8-25)37-24/h4-7,14,16,19-20,24-28,30-31H,8H2,1-3H3/t14?,16-,19+,20?,24-/m1/s1. The minimum absolute atomic E-state index is 0.0821. The number of phenols is 2. The Bertz CT molecular complexity index is 1350. The predicted molar refractivity (Wildman–Crippen MR) is 125 cm³/mol. The Balaban J connectivity index is 1.87. The van der Waals surface area contributed by atoms with E-state index >= 15 is 0 Å². The summed E-state index contributed by atoms with van der Waals surface area (Å²) in [5.41, 5.74) is -0.695. The molecule has 1 saturated heterocycles. The third-order valence-corrected chi connectivity index (χ3v) is 5.98. The number of rotatable bonds is 7. The average Bonchev–Trinajstić information content (AvgIpc) is 2.88. The lowest BCUT2D eigenvalue weighted by Crippen LogP contribution is -2.60. The molecule has 0 radical (unpaired) electrons. The van der Waals surface area contributed by atoms with Crippen LogP contribution in [0.3, 0.4) is 0 Å². The van der Waals surface area contributed by atoms with Gasteiger partial charge in [-0.05, 0) is 18.2 Å². The second kappa shape index (κ2) is 10.3. The van der Waals surface area contributed by atoms with Gasteiger partial charge in [0, 0.05) is 11.6 Å². The number of aromatic hydroxyl groups is 2. The van der Waals surface area contributed by atoms with Crippen molar-refractivity contribution in [1.29, 1.82) is 0 Å². The van der Waals surface area contributed by atoms with Crippen molar-refractivity contribution in [3.63, 3.8) is 0 Å². The summed E-state index contributed by atoms with van der Waals surface area (Å²) in [5.74, 6) is -1.64. The van der Waals surface area contributed by atoms with Gasteiger partial charge in [-0.15, -0.1) is 0 Å². The van der Waals surface area contributed by atoms with E-state index < -0.39 is 48.5 Å². The van der Waals surface area contributed by atoms with Crippen molar-refractivity contribution < 1.29 is 58.7 Å². The molecule has 4 rings (SSSR count). The van der Waals surface area contributed by atoms with Crippen molar-refractivity contribution in [2.45, 2.75) is 30.7 Å². The molecular formula is C24H26O13. The third kappa shape index (κ3) is 4.47. The lowest BCUT2D eigenvalue weighted by Gasteiger charge is -2.39. The van der Waals surface area contributed by atoms with Crippen LogP contribution in [0.1, 0.15) is 0 Å². The number of hydrogen-bond donors (Lipinski definition) is 6. The summed E-state index contributed by atoms with van der Waals surface area (Å²) in [4.78, 5) is 13.3. The van der Waals surface area contributed by atoms with Crippen LogP contribution >= 0.6 is 0 Å². The van der Waals surface area contributed by atoms with Gasteiger partial charge in [0.15, 0.2) is 28.8 Å². The summed E-state index contributed by atoms with van der Waals surface area (Å²) in [7, 11) is 3.79. The first-order chi connectivity index (χ1) is 17.7. The van der Waals surface area contributed by atoms with Crippen molar-refractivity contribution in [2.24, 2.45) is 0 Å². The quantitative estimate of drug-likeness (QED) is 0.244. The van der Waals surface area contributed by atoms with Crippen molar-refractivity contribution in [2.75, 3.05) is 27.9 Å². The molecular weight excluding hydrogens is 496 g/mol. The third-order valence-electron chi connectivity index (χ3n) is 5.98. The fourth-order valence-corrected chi connectivity index (χ4v) is 4.06. The molecule has 2 unspecified atom stereocenters. The largest absolute Gasteiger partial charge is 0.504 e. The Hall–Kier alpha value is -3.75. The summed E-state index contributed by atoms with van der Waals surface area (Å²) >= 11 is 0. The topological polar surface area (TPSA) is 198 Å². The molecule has 0 amide bonds. The molecule has 13 heteroatoms. The molecule has 6 N–H and O–H groups in total. The molecule has 5 atom stereocenters. The summed E-state index contributed by atoms with van der Waals surface area (Å²) in [6, 6.07) is 5.44. The fraction of sp³-hybridized carbons (Fsp3) is 0.375. The molecule has 0 saturated carbocycles. The first kappa shape index (κ1) is 26.3. The zero-order chi connectivity index (χ0) is 27.0. The fourth-order valence-electron chi connectivity index (χ4n) is 4.06. The van der Waals surface area contributed by atoms with Crippen molar-refractivity contribution in [1.82, 2.24) is 0 Å². The van der Waals surface area contributed by atoms with Crippen LogP contribution < -0.4 is 24.4 Å². The Morgan fingerprint density at radius 2 is 1.59 bits per heavy atom. The molecule has 200 valence electrons. The van der Waals surface area contributed by atoms with Gasteiger partial charge in [-0.1, -0.05) is 0 Å². The predicted octanol–water partition coefficient (Wildman–Crippen LogP) is 0.0757. The van der Waals surface area contributed by atoms with Gasteiger partial charge in [0.1, 0.15) is 35.4 Å². The van der Waals surface area contributed by atoms with Crippen LogP contribution in [0, 0.1) is 0 Å². The van der Waals surface area contributed by atoms with E-state index in [1.165, 1.54) is 45.6 Å². The molecule has 1 aromatic heterocycles. The van der Waals surface area contributed by atoms with Crippen molar-refractivity contribution in [3.8, 4) is 45.8 Å². The summed E-state index contributed by atoms with van der Waals surface area (Å²) in [6.07, 6.45) is -7.93. The number of ether oxygens (including phenoxy) is 5. The monoisotopic (exact) mass is 522 g/mol. The van der Waals surface area contributed by atoms with E-state index in [2.05, 4.69) is 0 Å². The average molecular weight is 522 g/mol. The van der Waals surface area contributed by atoms with Gasteiger partial charge >= 0.3 is 0 Å². The smallest absolute Gasteiger partial charge is 0.239 e. The van der Waals surface area contributed by atoms with Crippen LogP contribution in [0.25, 0.3) is 22.3 Å². The highest BCUT2D eigenvalue weighted by Crippen LogP contribution is 2.45. The van der Waals surface area contributed by atoms with Crippen LogP contribution in [0.4, 0.5) is 0 Å². The highest BCUT2D eigenvalue weighted by molar-refractivity contribution is 5.91. The van der Waals surface area contributed by atoms with Gasteiger partial charge in [-0.3, -0.25) is 4.79 Å². The summed E-state index contributed by atoms with van der Waals surface area (Å²) in [5, 5.41) is 60.6. The highest BCUT2D eigenvalue weighted by atomic mass is 16.7. The van der Waals surface area contributed by atoms with Crippen molar-refractivity contribution >= 4 is 11.0 Å². The first-order valence-electron chi connectivity index (χ1n) is 11.0. The van der Waals surface area contributed by atoms with Gasteiger partial charge in [0.05, 0.1) is 27.9 Å². The molecule has 13 nitrogen and oxygen atoms in total. The maximum atomic E-state index is 13.3. The lowest BCUT2D eigenvalue weighted by molar-refractivity contribution is -0.277. The van der Waals surface area contributed by atoms with E-state index in [4.69, 9.17) is 28.1 Å². The second-order valence-corrected chi connectivity index (χ2v) is 8.13. The molecule has 0 aliphatic carbocycles. The Labute approximate surface area is 209 Å². The number of phenolic OH excluding ortho intramolecular Hbond substituents is 2. The Morgan fingerprint density at radius 3 is 2.19 bits per heavy atom. The van der Waals surface area contributed by atoms with Crippen LogP contribution in [-0.2, 0) is 4.74 Å². The van der Waals surface area contributed by atoms with E-state index in [9.17, 15) is 35.4 Å². The normalized spacial score (nSPS) is 23.6. The summed E-state index contributed by atoms with van der Waals surface area (Å²) in [6.45, 7) is -0.683. The van der Waals surface area contributed by atoms with Gasteiger partial charge in [0.2, 0.25) is 23.2 Å². The van der Waals surface area contributed by atoms with E-state index in [1.807, 2.05) is 0 Å². The molecule has 1 fully saturated rings. The number of benzene rings is 2. The number of methoxy groups -OCH3 is 3. The number of fused-ring (bicyclic) bond motifs is 1. The highest BCUT2D eigenvalue weighted by Gasteiger charge is 2.45. The zero-order valence-electron chi connectivity index (χ0n) is 19.9. The second-order valence-electron chi connectivity index (χ2n) is 8.13. The van der Waals surface area contributed by atoms with Crippen LogP contribution in [0.2, 0.25) is 0 Å². The molecule has 3 aromatic rings. The SMILES string of the molecule is COc1ccc(-c2oc3cc(O[C@@H]4OC(CO)[C@@H](O)[C@H](O)C4O)c(OC)c(O)c3c(=O)c2OC)cc1O. The van der Waals surface area contributed by atoms with Gasteiger partial charge < -0.3 is 58.7 Å². The van der Waals surface area contributed by atoms with Gasteiger partial charge in [-0.25, -0.2) is 0 Å². The molecule has 2 heterocycles. The minimum Gasteiger partial charge on any atom is -0.504 e. The Kier molecular flexibility index (Phi) is 7.34. The molecule has 37 heavy (non-hydrogen) atoms. The maximum Gasteiger partial charge on any atom is 0.239 e. The number of aliphatic hydroxyl groups is 4. The Morgan fingerprint density at radius 1 is 0.892 bits per heavy atom. The molecule has 2 aromatic carbocycles. The number of hydrogen-bond acceptors (Lipinski definition) is 13. The minimum atomic E-state index is -1.75. The van der Waals surface area contributed by atoms with Crippen LogP contribution in [-0.4, -0.2) is 89.3 Å². The maximum absolute atomic E-state index is 13.3. The van der Waals surface area contributed by atoms with Crippen LogP contribution in [0.5, 0.6) is 34.5 Å². The number of aliphatic hydroxyl groups excluding tert-OH is 4. The van der Waals surface area contributed by atoms with E-state index in [1.54, 1.807) is 0 Å². The van der Waals surface area contributed by atoms with Gasteiger partial charge in [0.25, 0.3) is 0 Å². The van der Waals surface area contributed by atoms with Gasteiger partial charge in [-0.2, -0.15) is 0 Å². The first-order valence-corrected chi connectivity index (χ1v) is 11.0. The van der Waals surface area contributed by atoms with Crippen molar-refractivity contribution in [3.05, 3.63) is 34.5 Å². The van der Waals surface area contributed by atoms with E-state index in [0.29, 0.717) is 0 Å². The molecule has 0 spiro atoms. The van der Waals surface area contributed by atoms with Crippen LogP contribution in [0.15, 0.2) is 33.5 Å². The van der Waals surface area contributed by atoms with E-state index in [-0.39, 0.29) is 51.0 Å². The zero-order valence-corrected chi connectivity index (χ0v) is 19.9. The van der Waals surface area contributed by atoms with E-state index in [0.717, 1.165) is 0 Å². The summed E-state index contributed by atoms with van der Waals surface area (Å²) < 4.78 is 32.4.